The van der Waals surface area contributed by atoms with Gasteiger partial charge in [0.15, 0.2) is 0 Å². The predicted octanol–water partition coefficient (Wildman–Crippen LogP) is 0.949. The van der Waals surface area contributed by atoms with E-state index in [1.54, 1.807) is 0 Å². The topological polar surface area (TPSA) is 156 Å². The molecule has 140 valence electrons. The molecule has 0 spiro atoms. The van der Waals surface area contributed by atoms with E-state index in [1.807, 2.05) is 5.32 Å². The third kappa shape index (κ3) is 3.93. The Labute approximate surface area is 159 Å². The molecule has 2 heterocycles. The SMILES string of the molecule is O=C(CN1C(=O)SC(C2SC(=O)NC2=O)C1=O)Nc1cccc([N+](=O)[O-])c1. The smallest absolute Gasteiger partial charge is 0.289 e. The van der Waals surface area contributed by atoms with Gasteiger partial charge in [0, 0.05) is 17.8 Å². The van der Waals surface area contributed by atoms with Gasteiger partial charge < -0.3 is 5.32 Å². The van der Waals surface area contributed by atoms with Crippen molar-refractivity contribution in [2.45, 2.75) is 10.5 Å². The Hall–Kier alpha value is -2.93. The van der Waals surface area contributed by atoms with Crippen LogP contribution in [0.1, 0.15) is 0 Å². The molecule has 2 saturated heterocycles. The zero-order chi connectivity index (χ0) is 19.7. The van der Waals surface area contributed by atoms with Crippen LogP contribution in [-0.4, -0.2) is 55.1 Å². The summed E-state index contributed by atoms with van der Waals surface area (Å²) in [7, 11) is 0. The molecular weight excluding hydrogens is 400 g/mol. The van der Waals surface area contributed by atoms with Gasteiger partial charge in [-0.15, -0.1) is 0 Å². The first-order valence-corrected chi connectivity index (χ1v) is 9.10. The summed E-state index contributed by atoms with van der Waals surface area (Å²) in [6.45, 7) is -0.614. The molecule has 0 bridgehead atoms. The fourth-order valence-electron chi connectivity index (χ4n) is 2.41. The summed E-state index contributed by atoms with van der Waals surface area (Å²) in [6.07, 6.45) is 0. The van der Waals surface area contributed by atoms with Gasteiger partial charge in [0.2, 0.25) is 17.7 Å². The minimum Gasteiger partial charge on any atom is -0.324 e. The van der Waals surface area contributed by atoms with Crippen LogP contribution in [0.15, 0.2) is 24.3 Å². The van der Waals surface area contributed by atoms with E-state index in [2.05, 4.69) is 5.32 Å². The quantitative estimate of drug-likeness (QED) is 0.533. The number of nitro benzene ring substituents is 1. The minimum atomic E-state index is -1.10. The molecule has 3 rings (SSSR count). The summed E-state index contributed by atoms with van der Waals surface area (Å²) in [5.41, 5.74) is -0.0977. The average Bonchev–Trinajstić information content (AvgIpc) is 3.07. The average molecular weight is 410 g/mol. The van der Waals surface area contributed by atoms with E-state index in [9.17, 15) is 34.1 Å². The number of imide groups is 2. The van der Waals surface area contributed by atoms with Crippen LogP contribution in [-0.2, 0) is 14.4 Å². The van der Waals surface area contributed by atoms with Gasteiger partial charge in [0.25, 0.3) is 16.2 Å². The first-order chi connectivity index (χ1) is 12.8. The van der Waals surface area contributed by atoms with Crippen LogP contribution in [0, 0.1) is 10.1 Å². The van der Waals surface area contributed by atoms with Crippen molar-refractivity contribution in [3.63, 3.8) is 0 Å². The molecular formula is C14H10N4O7S2. The molecule has 0 aromatic heterocycles. The summed E-state index contributed by atoms with van der Waals surface area (Å²) in [5.74, 6) is -2.15. The van der Waals surface area contributed by atoms with Crippen molar-refractivity contribution in [1.82, 2.24) is 10.2 Å². The second-order valence-corrected chi connectivity index (χ2v) is 7.61. The molecule has 2 aliphatic rings. The highest BCUT2D eigenvalue weighted by Crippen LogP contribution is 2.36. The number of anilines is 1. The Morgan fingerprint density at radius 2 is 1.96 bits per heavy atom. The normalized spacial score (nSPS) is 22.1. The Kier molecular flexibility index (Phi) is 5.14. The number of hydrogen-bond acceptors (Lipinski definition) is 9. The number of thioether (sulfide) groups is 2. The first kappa shape index (κ1) is 18.8. The molecule has 1 aromatic rings. The summed E-state index contributed by atoms with van der Waals surface area (Å²) < 4.78 is 0. The Bertz CT molecular complexity index is 890. The maximum atomic E-state index is 12.4. The summed E-state index contributed by atoms with van der Waals surface area (Å²) in [4.78, 5) is 70.3. The van der Waals surface area contributed by atoms with Gasteiger partial charge in [-0.3, -0.25) is 44.3 Å². The Morgan fingerprint density at radius 1 is 1.22 bits per heavy atom. The minimum absolute atomic E-state index is 0.133. The first-order valence-electron chi connectivity index (χ1n) is 7.34. The van der Waals surface area contributed by atoms with Crippen LogP contribution >= 0.6 is 23.5 Å². The van der Waals surface area contributed by atoms with E-state index >= 15 is 0 Å². The fourth-order valence-corrected chi connectivity index (χ4v) is 4.51. The maximum Gasteiger partial charge on any atom is 0.289 e. The third-order valence-electron chi connectivity index (χ3n) is 3.59. The third-order valence-corrected chi connectivity index (χ3v) is 5.97. The number of carbonyl (C=O) groups excluding carboxylic acids is 5. The van der Waals surface area contributed by atoms with E-state index < -0.39 is 50.2 Å². The zero-order valence-electron chi connectivity index (χ0n) is 13.2. The van der Waals surface area contributed by atoms with Crippen molar-refractivity contribution >= 4 is 63.1 Å². The molecule has 5 amide bonds. The number of carbonyl (C=O) groups is 5. The lowest BCUT2D eigenvalue weighted by Crippen LogP contribution is -2.42. The molecule has 2 atom stereocenters. The molecule has 2 unspecified atom stereocenters. The Balaban J connectivity index is 1.66. The molecule has 2 aliphatic heterocycles. The number of hydrogen-bond donors (Lipinski definition) is 2. The molecule has 11 nitrogen and oxygen atoms in total. The second kappa shape index (κ2) is 7.36. The fraction of sp³-hybridized carbons (Fsp3) is 0.214. The van der Waals surface area contributed by atoms with Crippen molar-refractivity contribution in [3.05, 3.63) is 34.4 Å². The lowest BCUT2D eigenvalue weighted by molar-refractivity contribution is -0.384. The van der Waals surface area contributed by atoms with Crippen molar-refractivity contribution < 1.29 is 28.9 Å². The van der Waals surface area contributed by atoms with Gasteiger partial charge in [-0.1, -0.05) is 6.07 Å². The number of benzene rings is 1. The summed E-state index contributed by atoms with van der Waals surface area (Å²) in [5, 5.41) is 11.7. The van der Waals surface area contributed by atoms with Crippen molar-refractivity contribution in [3.8, 4) is 0 Å². The number of nitro groups is 1. The lowest BCUT2D eigenvalue weighted by Gasteiger charge is -2.14. The highest BCUT2D eigenvalue weighted by Gasteiger charge is 2.50. The van der Waals surface area contributed by atoms with Gasteiger partial charge in [-0.2, -0.15) is 0 Å². The van der Waals surface area contributed by atoms with Crippen LogP contribution in [0.25, 0.3) is 0 Å². The van der Waals surface area contributed by atoms with E-state index in [0.717, 1.165) is 6.07 Å². The van der Waals surface area contributed by atoms with Crippen LogP contribution in [0.5, 0.6) is 0 Å². The van der Waals surface area contributed by atoms with Crippen LogP contribution in [0.4, 0.5) is 21.0 Å². The lowest BCUT2D eigenvalue weighted by atomic mass is 10.2. The van der Waals surface area contributed by atoms with E-state index in [1.165, 1.54) is 18.2 Å². The number of rotatable bonds is 5. The predicted molar refractivity (Wildman–Crippen MR) is 95.1 cm³/mol. The number of nitrogens with one attached hydrogen (secondary N) is 2. The molecule has 0 aliphatic carbocycles. The van der Waals surface area contributed by atoms with E-state index in [0.29, 0.717) is 28.4 Å². The Morgan fingerprint density at radius 3 is 2.59 bits per heavy atom. The monoisotopic (exact) mass is 410 g/mol. The number of nitrogens with zero attached hydrogens (tertiary/aromatic N) is 2. The zero-order valence-corrected chi connectivity index (χ0v) is 14.9. The van der Waals surface area contributed by atoms with Crippen molar-refractivity contribution in [1.29, 1.82) is 0 Å². The molecule has 2 N–H and O–H groups in total. The molecule has 27 heavy (non-hydrogen) atoms. The van der Waals surface area contributed by atoms with E-state index in [-0.39, 0.29) is 11.4 Å². The molecule has 0 radical (unpaired) electrons. The van der Waals surface area contributed by atoms with Gasteiger partial charge in [0.05, 0.1) is 4.92 Å². The highest BCUT2D eigenvalue weighted by molar-refractivity contribution is 8.19. The number of amides is 5. The highest BCUT2D eigenvalue weighted by atomic mass is 32.2. The van der Waals surface area contributed by atoms with Gasteiger partial charge in [-0.25, -0.2) is 0 Å². The second-order valence-electron chi connectivity index (χ2n) is 5.40. The van der Waals surface area contributed by atoms with Crippen LogP contribution in [0.2, 0.25) is 0 Å². The maximum absolute atomic E-state index is 12.4. The number of non-ortho nitro benzene ring substituents is 1. The summed E-state index contributed by atoms with van der Waals surface area (Å²) in [6, 6.07) is 5.17. The van der Waals surface area contributed by atoms with Gasteiger partial charge >= 0.3 is 0 Å². The molecule has 13 heteroatoms. The van der Waals surface area contributed by atoms with Gasteiger partial charge in [-0.05, 0) is 29.6 Å². The van der Waals surface area contributed by atoms with Crippen molar-refractivity contribution in [2.24, 2.45) is 0 Å². The van der Waals surface area contributed by atoms with Crippen LogP contribution in [0.3, 0.4) is 0 Å². The molecule has 1 aromatic carbocycles. The summed E-state index contributed by atoms with van der Waals surface area (Å²) >= 11 is 1.19. The molecule has 2 fully saturated rings. The van der Waals surface area contributed by atoms with Gasteiger partial charge in [0.1, 0.15) is 17.0 Å². The van der Waals surface area contributed by atoms with E-state index in [4.69, 9.17) is 0 Å². The molecule has 0 saturated carbocycles. The standard InChI is InChI=1S/C14H10N4O7S2/c19-8(15-6-2-1-3-7(4-6)18(24)25)5-17-12(21)10(27-14(17)23)9-11(20)16-13(22)26-9/h1-4,9-10H,5H2,(H,15,19)(H,16,20,22). The largest absolute Gasteiger partial charge is 0.324 e. The van der Waals surface area contributed by atoms with Crippen LogP contribution < -0.4 is 10.6 Å². The van der Waals surface area contributed by atoms with Crippen molar-refractivity contribution in [2.75, 3.05) is 11.9 Å².